The molecular weight excluding hydrogens is 194 g/mol. The molecule has 0 atom stereocenters. The summed E-state index contributed by atoms with van der Waals surface area (Å²) in [7, 11) is 0. The van der Waals surface area contributed by atoms with Gasteiger partial charge in [-0.1, -0.05) is 6.92 Å². The van der Waals surface area contributed by atoms with E-state index in [9.17, 15) is 0 Å². The maximum absolute atomic E-state index is 5.42. The second kappa shape index (κ2) is 2.96. The Labute approximate surface area is 67.8 Å². The second-order valence-corrected chi connectivity index (χ2v) is 2.64. The van der Waals surface area contributed by atoms with Crippen molar-refractivity contribution >= 4 is 21.7 Å². The Bertz CT molecular complexity index is 236. The Morgan fingerprint density at radius 2 is 2.40 bits per heavy atom. The lowest BCUT2D eigenvalue weighted by atomic mass is 10.4. The molecule has 1 heterocycles. The van der Waals surface area contributed by atoms with Crippen molar-refractivity contribution in [2.45, 2.75) is 13.3 Å². The van der Waals surface area contributed by atoms with Crippen molar-refractivity contribution in [1.82, 2.24) is 9.97 Å². The highest BCUT2D eigenvalue weighted by molar-refractivity contribution is 9.10. The number of halogens is 1. The van der Waals surface area contributed by atoms with E-state index in [0.29, 0.717) is 10.4 Å². The fraction of sp³-hybridized carbons (Fsp3) is 0.333. The van der Waals surface area contributed by atoms with Gasteiger partial charge in [-0.05, 0) is 22.4 Å². The summed E-state index contributed by atoms with van der Waals surface area (Å²) in [5.74, 6) is 0.442. The van der Waals surface area contributed by atoms with Crippen LogP contribution in [0.4, 0.5) is 5.82 Å². The van der Waals surface area contributed by atoms with Crippen LogP contribution < -0.4 is 5.73 Å². The normalized spacial score (nSPS) is 9.80. The van der Waals surface area contributed by atoms with E-state index in [1.165, 1.54) is 0 Å². The van der Waals surface area contributed by atoms with Gasteiger partial charge >= 0.3 is 0 Å². The Hall–Kier alpha value is -0.640. The van der Waals surface area contributed by atoms with Crippen LogP contribution in [0.15, 0.2) is 10.8 Å². The van der Waals surface area contributed by atoms with Crippen molar-refractivity contribution in [1.29, 1.82) is 0 Å². The van der Waals surface area contributed by atoms with Gasteiger partial charge in [-0.2, -0.15) is 0 Å². The van der Waals surface area contributed by atoms with E-state index < -0.39 is 0 Å². The molecule has 0 fully saturated rings. The van der Waals surface area contributed by atoms with Crippen LogP contribution in [0, 0.1) is 0 Å². The summed E-state index contributed by atoms with van der Waals surface area (Å²) < 4.78 is 0.631. The standard InChI is InChI=1S/C6H8BrN3/c1-2-4-3-9-6(8)5(7)10-4/h3H,2H2,1H3,(H2,8,9). The van der Waals surface area contributed by atoms with Crippen molar-refractivity contribution in [3.63, 3.8) is 0 Å². The van der Waals surface area contributed by atoms with Crippen molar-refractivity contribution in [2.24, 2.45) is 0 Å². The van der Waals surface area contributed by atoms with Crippen LogP contribution >= 0.6 is 15.9 Å². The molecule has 1 aromatic rings. The zero-order valence-corrected chi connectivity index (χ0v) is 7.22. The molecule has 3 nitrogen and oxygen atoms in total. The third kappa shape index (κ3) is 1.44. The number of aromatic nitrogens is 2. The smallest absolute Gasteiger partial charge is 0.156 e. The molecule has 0 saturated carbocycles. The number of anilines is 1. The Balaban J connectivity index is 3.04. The molecule has 0 aliphatic heterocycles. The maximum Gasteiger partial charge on any atom is 0.156 e. The van der Waals surface area contributed by atoms with Gasteiger partial charge in [-0.3, -0.25) is 0 Å². The summed E-state index contributed by atoms with van der Waals surface area (Å²) in [5, 5.41) is 0. The van der Waals surface area contributed by atoms with Gasteiger partial charge in [0.15, 0.2) is 5.82 Å². The molecular formula is C6H8BrN3. The number of rotatable bonds is 1. The van der Waals surface area contributed by atoms with E-state index >= 15 is 0 Å². The Kier molecular flexibility index (Phi) is 2.21. The highest BCUT2D eigenvalue weighted by Crippen LogP contribution is 2.12. The predicted octanol–water partition coefficient (Wildman–Crippen LogP) is 1.38. The Morgan fingerprint density at radius 3 is 2.90 bits per heavy atom. The van der Waals surface area contributed by atoms with Gasteiger partial charge in [0.2, 0.25) is 0 Å². The summed E-state index contributed by atoms with van der Waals surface area (Å²) in [6, 6.07) is 0. The molecule has 0 amide bonds. The molecule has 4 heteroatoms. The molecule has 1 rings (SSSR count). The first kappa shape index (κ1) is 7.47. The number of nitrogen functional groups attached to an aromatic ring is 1. The van der Waals surface area contributed by atoms with E-state index in [1.807, 2.05) is 6.92 Å². The lowest BCUT2D eigenvalue weighted by molar-refractivity contribution is 0.989. The summed E-state index contributed by atoms with van der Waals surface area (Å²) in [6.07, 6.45) is 2.56. The first-order chi connectivity index (χ1) is 4.74. The van der Waals surface area contributed by atoms with Crippen LogP contribution in [0.1, 0.15) is 12.6 Å². The van der Waals surface area contributed by atoms with Gasteiger partial charge < -0.3 is 5.73 Å². The maximum atomic E-state index is 5.42. The van der Waals surface area contributed by atoms with Crippen LogP contribution in [0.3, 0.4) is 0 Å². The highest BCUT2D eigenvalue weighted by Gasteiger charge is 1.97. The summed E-state index contributed by atoms with van der Waals surface area (Å²) in [5.41, 5.74) is 6.37. The molecule has 10 heavy (non-hydrogen) atoms. The third-order valence-corrected chi connectivity index (χ3v) is 1.75. The number of nitrogens with two attached hydrogens (primary N) is 1. The van der Waals surface area contributed by atoms with E-state index in [4.69, 9.17) is 5.73 Å². The molecule has 0 radical (unpaired) electrons. The monoisotopic (exact) mass is 201 g/mol. The van der Waals surface area contributed by atoms with Crippen molar-refractivity contribution in [3.8, 4) is 0 Å². The fourth-order valence-electron chi connectivity index (χ4n) is 0.580. The van der Waals surface area contributed by atoms with Gasteiger partial charge in [0.25, 0.3) is 0 Å². The predicted molar refractivity (Wildman–Crippen MR) is 43.5 cm³/mol. The van der Waals surface area contributed by atoms with E-state index in [1.54, 1.807) is 6.20 Å². The van der Waals surface area contributed by atoms with Gasteiger partial charge in [-0.15, -0.1) is 0 Å². The molecule has 54 valence electrons. The van der Waals surface area contributed by atoms with Crippen LogP contribution in [0.5, 0.6) is 0 Å². The topological polar surface area (TPSA) is 51.8 Å². The highest BCUT2D eigenvalue weighted by atomic mass is 79.9. The lowest BCUT2D eigenvalue weighted by Gasteiger charge is -1.97. The molecule has 0 bridgehead atoms. The molecule has 0 unspecified atom stereocenters. The lowest BCUT2D eigenvalue weighted by Crippen LogP contribution is -1.96. The number of aryl methyl sites for hydroxylation is 1. The van der Waals surface area contributed by atoms with Gasteiger partial charge in [0.05, 0.1) is 11.9 Å². The van der Waals surface area contributed by atoms with E-state index in [2.05, 4.69) is 25.9 Å². The fourth-order valence-corrected chi connectivity index (χ4v) is 0.910. The van der Waals surface area contributed by atoms with Crippen LogP contribution in [0.25, 0.3) is 0 Å². The minimum Gasteiger partial charge on any atom is -0.381 e. The average molecular weight is 202 g/mol. The summed E-state index contributed by atoms with van der Waals surface area (Å²) >= 11 is 3.19. The van der Waals surface area contributed by atoms with Gasteiger partial charge in [0.1, 0.15) is 4.60 Å². The molecule has 0 aliphatic carbocycles. The van der Waals surface area contributed by atoms with Crippen molar-refractivity contribution in [2.75, 3.05) is 5.73 Å². The molecule has 0 aromatic carbocycles. The average Bonchev–Trinajstić information content (AvgIpc) is 1.95. The minimum absolute atomic E-state index is 0.442. The third-order valence-electron chi connectivity index (χ3n) is 1.17. The Morgan fingerprint density at radius 1 is 1.70 bits per heavy atom. The first-order valence-electron chi connectivity index (χ1n) is 3.01. The van der Waals surface area contributed by atoms with E-state index in [0.717, 1.165) is 12.1 Å². The molecule has 0 saturated heterocycles. The zero-order valence-electron chi connectivity index (χ0n) is 5.63. The van der Waals surface area contributed by atoms with Gasteiger partial charge in [-0.25, -0.2) is 9.97 Å². The SMILES string of the molecule is CCc1cnc(N)c(Br)n1. The molecule has 0 spiro atoms. The second-order valence-electron chi connectivity index (χ2n) is 1.89. The summed E-state index contributed by atoms with van der Waals surface area (Å²) in [4.78, 5) is 8.04. The van der Waals surface area contributed by atoms with Crippen LogP contribution in [-0.2, 0) is 6.42 Å². The number of hydrogen-bond donors (Lipinski definition) is 1. The van der Waals surface area contributed by atoms with E-state index in [-0.39, 0.29) is 0 Å². The van der Waals surface area contributed by atoms with Crippen LogP contribution in [-0.4, -0.2) is 9.97 Å². The number of nitrogens with zero attached hydrogens (tertiary/aromatic N) is 2. The molecule has 1 aromatic heterocycles. The summed E-state index contributed by atoms with van der Waals surface area (Å²) in [6.45, 7) is 2.02. The molecule has 2 N–H and O–H groups in total. The molecule has 0 aliphatic rings. The minimum atomic E-state index is 0.442. The number of hydrogen-bond acceptors (Lipinski definition) is 3. The quantitative estimate of drug-likeness (QED) is 0.748. The first-order valence-corrected chi connectivity index (χ1v) is 3.80. The van der Waals surface area contributed by atoms with Crippen LogP contribution in [0.2, 0.25) is 0 Å². The van der Waals surface area contributed by atoms with Crippen molar-refractivity contribution in [3.05, 3.63) is 16.5 Å². The largest absolute Gasteiger partial charge is 0.381 e. The van der Waals surface area contributed by atoms with Crippen molar-refractivity contribution < 1.29 is 0 Å². The van der Waals surface area contributed by atoms with Gasteiger partial charge in [0, 0.05) is 0 Å². The zero-order chi connectivity index (χ0) is 7.56.